The molecule has 1 amide bonds. The summed E-state index contributed by atoms with van der Waals surface area (Å²) in [5.41, 5.74) is 1.61. The van der Waals surface area contributed by atoms with Gasteiger partial charge in [-0.05, 0) is 54.3 Å². The topological polar surface area (TPSA) is 85.8 Å². The van der Waals surface area contributed by atoms with E-state index in [0.717, 1.165) is 44.2 Å². The van der Waals surface area contributed by atoms with Gasteiger partial charge in [0.25, 0.3) is 0 Å². The number of pyridine rings is 1. The zero-order valence-corrected chi connectivity index (χ0v) is 26.4. The Labute approximate surface area is 256 Å². The van der Waals surface area contributed by atoms with E-state index in [0.29, 0.717) is 36.2 Å². The van der Waals surface area contributed by atoms with Crippen LogP contribution in [0.5, 0.6) is 17.4 Å². The summed E-state index contributed by atoms with van der Waals surface area (Å²) in [6.45, 7) is 9.41. The van der Waals surface area contributed by atoms with Crippen LogP contribution in [0.25, 0.3) is 22.0 Å². The second kappa shape index (κ2) is 12.4. The van der Waals surface area contributed by atoms with E-state index in [1.807, 2.05) is 47.4 Å². The van der Waals surface area contributed by atoms with Crippen LogP contribution in [0.15, 0.2) is 48.7 Å². The zero-order chi connectivity index (χ0) is 30.0. The maximum Gasteiger partial charge on any atom is 0.245 e. The molecule has 5 rings (SSSR count). The van der Waals surface area contributed by atoms with Gasteiger partial charge in [0.2, 0.25) is 11.8 Å². The summed E-state index contributed by atoms with van der Waals surface area (Å²) in [4.78, 5) is 26.4. The van der Waals surface area contributed by atoms with E-state index in [2.05, 4.69) is 38.0 Å². The third-order valence-corrected chi connectivity index (χ3v) is 8.86. The third-order valence-electron chi connectivity index (χ3n) is 7.49. The number of aromatic nitrogens is 2. The number of nitrogens with zero attached hydrogens (tertiary/aromatic N) is 3. The molecule has 1 saturated heterocycles. The molecule has 1 aliphatic heterocycles. The van der Waals surface area contributed by atoms with Gasteiger partial charge >= 0.3 is 0 Å². The van der Waals surface area contributed by atoms with Gasteiger partial charge < -0.3 is 24.4 Å². The molecule has 3 heterocycles. The van der Waals surface area contributed by atoms with Crippen molar-refractivity contribution in [3.8, 4) is 28.6 Å². The molecule has 2 aromatic heterocycles. The highest BCUT2D eigenvalue weighted by atomic mass is 35.5. The number of carbonyl (C=O) groups is 1. The van der Waals surface area contributed by atoms with Gasteiger partial charge in [-0.1, -0.05) is 39.3 Å². The first-order valence-electron chi connectivity index (χ1n) is 14.1. The molecule has 0 aliphatic carbocycles. The van der Waals surface area contributed by atoms with Crippen LogP contribution in [0.1, 0.15) is 39.0 Å². The Morgan fingerprint density at radius 1 is 1.14 bits per heavy atom. The monoisotopic (exact) mass is 608 g/mol. The van der Waals surface area contributed by atoms with Gasteiger partial charge in [-0.3, -0.25) is 4.79 Å². The highest BCUT2D eigenvalue weighted by Gasteiger charge is 2.38. The second-order valence-electron chi connectivity index (χ2n) is 11.5. The molecule has 222 valence electrons. The van der Waals surface area contributed by atoms with E-state index in [1.165, 1.54) is 0 Å². The van der Waals surface area contributed by atoms with E-state index in [4.69, 9.17) is 30.8 Å². The van der Waals surface area contributed by atoms with E-state index < -0.39 is 6.04 Å². The first kappa shape index (κ1) is 29.9. The SMILES string of the molecule is CCc1sc(N[C@H](C(=O)N2CC[C@@H](Oc3ncc(OC)c4ccc(Cl)cc34)C2)C(C)(C)C)nc1-c1ccc(OC)cc1. The van der Waals surface area contributed by atoms with E-state index >= 15 is 0 Å². The molecule has 0 spiro atoms. The molecule has 4 aromatic rings. The molecule has 2 aromatic carbocycles. The lowest BCUT2D eigenvalue weighted by atomic mass is 9.86. The first-order valence-corrected chi connectivity index (χ1v) is 15.3. The summed E-state index contributed by atoms with van der Waals surface area (Å²) >= 11 is 7.88. The molecule has 1 N–H and O–H groups in total. The quantitative estimate of drug-likeness (QED) is 0.217. The van der Waals surface area contributed by atoms with Gasteiger partial charge in [0.15, 0.2) is 5.13 Å². The zero-order valence-electron chi connectivity index (χ0n) is 24.9. The number of ether oxygens (including phenoxy) is 3. The Kier molecular flexibility index (Phi) is 8.80. The Morgan fingerprint density at radius 2 is 1.90 bits per heavy atom. The maximum atomic E-state index is 14.0. The number of anilines is 1. The van der Waals surface area contributed by atoms with Crippen molar-refractivity contribution in [1.82, 2.24) is 14.9 Å². The lowest BCUT2D eigenvalue weighted by Gasteiger charge is -2.33. The van der Waals surface area contributed by atoms with Gasteiger partial charge in [-0.15, -0.1) is 11.3 Å². The molecule has 1 fully saturated rings. The van der Waals surface area contributed by atoms with Crippen molar-refractivity contribution in [3.63, 3.8) is 0 Å². The Hall–Kier alpha value is -3.56. The summed E-state index contributed by atoms with van der Waals surface area (Å²) in [6.07, 6.45) is 3.02. The number of fused-ring (bicyclic) bond motifs is 1. The van der Waals surface area contributed by atoms with Crippen molar-refractivity contribution < 1.29 is 19.0 Å². The number of methoxy groups -OCH3 is 2. The van der Waals surface area contributed by atoms with Crippen molar-refractivity contribution in [1.29, 1.82) is 0 Å². The molecule has 0 saturated carbocycles. The molecular weight excluding hydrogens is 572 g/mol. The predicted octanol–water partition coefficient (Wildman–Crippen LogP) is 7.10. The number of aryl methyl sites for hydroxylation is 1. The highest BCUT2D eigenvalue weighted by Crippen LogP contribution is 2.36. The number of hydrogen-bond acceptors (Lipinski definition) is 8. The Balaban J connectivity index is 1.32. The van der Waals surface area contributed by atoms with E-state index in [1.54, 1.807) is 31.8 Å². The number of amides is 1. The lowest BCUT2D eigenvalue weighted by Crippen LogP contribution is -2.49. The number of nitrogens with one attached hydrogen (secondary N) is 1. The summed E-state index contributed by atoms with van der Waals surface area (Å²) in [5.74, 6) is 1.97. The number of rotatable bonds is 9. The first-order chi connectivity index (χ1) is 20.1. The van der Waals surface area contributed by atoms with E-state index in [9.17, 15) is 4.79 Å². The number of hydrogen-bond donors (Lipinski definition) is 1. The Morgan fingerprint density at radius 3 is 2.57 bits per heavy atom. The number of halogens is 1. The fraction of sp³-hybridized carbons (Fsp3) is 0.406. The minimum atomic E-state index is -0.463. The summed E-state index contributed by atoms with van der Waals surface area (Å²) < 4.78 is 17.1. The van der Waals surface area contributed by atoms with E-state index in [-0.39, 0.29) is 17.4 Å². The lowest BCUT2D eigenvalue weighted by molar-refractivity contribution is -0.133. The second-order valence-corrected chi connectivity index (χ2v) is 13.0. The molecular formula is C32H37ClN4O4S. The predicted molar refractivity (Wildman–Crippen MR) is 169 cm³/mol. The van der Waals surface area contributed by atoms with Crippen LogP contribution in [0, 0.1) is 5.41 Å². The smallest absolute Gasteiger partial charge is 0.245 e. The van der Waals surface area contributed by atoms with Gasteiger partial charge in [0.05, 0.1) is 32.7 Å². The Bertz CT molecular complexity index is 1570. The largest absolute Gasteiger partial charge is 0.497 e. The van der Waals surface area contributed by atoms with Crippen molar-refractivity contribution in [2.24, 2.45) is 5.41 Å². The average molecular weight is 609 g/mol. The fourth-order valence-corrected chi connectivity index (χ4v) is 6.31. The van der Waals surface area contributed by atoms with Crippen molar-refractivity contribution in [2.45, 2.75) is 52.7 Å². The number of benzene rings is 2. The van der Waals surface area contributed by atoms with Crippen LogP contribution in [-0.4, -0.2) is 60.2 Å². The standard InChI is InChI=1S/C32H37ClN4O4S/c1-7-26-27(19-8-11-21(39-5)12-9-19)35-31(42-26)36-28(32(2,3)4)30(38)37-15-14-22(18-37)41-29-24-16-20(33)10-13-23(24)25(40-6)17-34-29/h8-13,16-17,22,28H,7,14-15,18H2,1-6H3,(H,35,36)/t22-,28-/m1/s1. The summed E-state index contributed by atoms with van der Waals surface area (Å²) in [5, 5.41) is 6.49. The fourth-order valence-electron chi connectivity index (χ4n) is 5.19. The molecule has 42 heavy (non-hydrogen) atoms. The molecule has 8 nitrogen and oxygen atoms in total. The summed E-state index contributed by atoms with van der Waals surface area (Å²) in [7, 11) is 3.27. The average Bonchev–Trinajstić information content (AvgIpc) is 3.62. The molecule has 10 heteroatoms. The van der Waals surface area contributed by atoms with Crippen LogP contribution in [-0.2, 0) is 11.2 Å². The van der Waals surface area contributed by atoms with Crippen LogP contribution in [0.4, 0.5) is 5.13 Å². The van der Waals surface area contributed by atoms with Crippen LogP contribution < -0.4 is 19.5 Å². The third kappa shape index (κ3) is 6.27. The molecule has 1 aliphatic rings. The van der Waals surface area contributed by atoms with Crippen molar-refractivity contribution in [3.05, 3.63) is 58.6 Å². The normalized spacial score (nSPS) is 16.0. The highest BCUT2D eigenvalue weighted by molar-refractivity contribution is 7.16. The number of carbonyl (C=O) groups excluding carboxylic acids is 1. The van der Waals surface area contributed by atoms with Gasteiger partial charge in [-0.25, -0.2) is 9.97 Å². The number of thiazole rings is 1. The van der Waals surface area contributed by atoms with Gasteiger partial charge in [0, 0.05) is 39.2 Å². The minimum Gasteiger partial charge on any atom is -0.497 e. The summed E-state index contributed by atoms with van der Waals surface area (Å²) in [6, 6.07) is 13.0. The molecule has 0 radical (unpaired) electrons. The van der Waals surface area contributed by atoms with Gasteiger partial charge in [0.1, 0.15) is 23.6 Å². The molecule has 0 bridgehead atoms. The number of likely N-dealkylation sites (tertiary alicyclic amines) is 1. The minimum absolute atomic E-state index is 0.0310. The van der Waals surface area contributed by atoms with Gasteiger partial charge in [-0.2, -0.15) is 0 Å². The van der Waals surface area contributed by atoms with Crippen molar-refractivity contribution >= 4 is 44.7 Å². The maximum absolute atomic E-state index is 14.0. The molecule has 2 atom stereocenters. The van der Waals surface area contributed by atoms with Crippen LogP contribution in [0.2, 0.25) is 5.02 Å². The van der Waals surface area contributed by atoms with Crippen LogP contribution >= 0.6 is 22.9 Å². The molecule has 0 unspecified atom stereocenters. The van der Waals surface area contributed by atoms with Crippen molar-refractivity contribution in [2.75, 3.05) is 32.6 Å². The van der Waals surface area contributed by atoms with Crippen LogP contribution in [0.3, 0.4) is 0 Å².